The highest BCUT2D eigenvalue weighted by atomic mass is 16.6. The number of rotatable bonds is 6. The first-order chi connectivity index (χ1) is 11.7. The van der Waals surface area contributed by atoms with E-state index in [1.54, 1.807) is 0 Å². The average Bonchev–Trinajstić information content (AvgIpc) is 3.22. The average molecular weight is 329 g/mol. The Morgan fingerprint density at radius 2 is 1.96 bits per heavy atom. The SMILES string of the molecule is CN(Cc1cc(-c2ccc3c(c2)OCCO3)on1)CC1(CN)CC1. The summed E-state index contributed by atoms with van der Waals surface area (Å²) in [5.74, 6) is 2.28. The Kier molecular flexibility index (Phi) is 3.94. The fourth-order valence-corrected chi connectivity index (χ4v) is 3.23. The maximum absolute atomic E-state index is 5.86. The summed E-state index contributed by atoms with van der Waals surface area (Å²) in [6.45, 7) is 3.70. The Morgan fingerprint density at radius 3 is 2.71 bits per heavy atom. The van der Waals surface area contributed by atoms with Crippen LogP contribution in [0, 0.1) is 5.41 Å². The number of hydrogen-bond donors (Lipinski definition) is 1. The molecule has 0 unspecified atom stereocenters. The lowest BCUT2D eigenvalue weighted by molar-refractivity contribution is 0.171. The van der Waals surface area contributed by atoms with Gasteiger partial charge in [0.1, 0.15) is 13.2 Å². The number of aromatic nitrogens is 1. The molecule has 1 fully saturated rings. The van der Waals surface area contributed by atoms with Crippen LogP contribution >= 0.6 is 0 Å². The summed E-state index contributed by atoms with van der Waals surface area (Å²) < 4.78 is 16.7. The maximum Gasteiger partial charge on any atom is 0.167 e. The molecule has 1 aliphatic heterocycles. The summed E-state index contributed by atoms with van der Waals surface area (Å²) in [4.78, 5) is 2.27. The molecule has 0 spiro atoms. The normalized spacial score (nSPS) is 18.0. The van der Waals surface area contributed by atoms with Gasteiger partial charge in [-0.3, -0.25) is 4.90 Å². The first-order valence-electron chi connectivity index (χ1n) is 8.42. The lowest BCUT2D eigenvalue weighted by Crippen LogP contribution is -2.31. The number of benzene rings is 1. The van der Waals surface area contributed by atoms with Crippen molar-refractivity contribution in [3.8, 4) is 22.8 Å². The van der Waals surface area contributed by atoms with E-state index in [1.807, 2.05) is 24.3 Å². The molecule has 0 saturated heterocycles. The highest BCUT2D eigenvalue weighted by Crippen LogP contribution is 2.45. The van der Waals surface area contributed by atoms with Crippen LogP contribution in [0.25, 0.3) is 11.3 Å². The van der Waals surface area contributed by atoms with E-state index in [2.05, 4.69) is 17.1 Å². The van der Waals surface area contributed by atoms with E-state index in [1.165, 1.54) is 12.8 Å². The Balaban J connectivity index is 1.44. The zero-order valence-electron chi connectivity index (χ0n) is 14.0. The van der Waals surface area contributed by atoms with Crippen molar-refractivity contribution in [2.45, 2.75) is 19.4 Å². The number of fused-ring (bicyclic) bond motifs is 1. The Labute approximate surface area is 141 Å². The number of nitrogens with two attached hydrogens (primary N) is 1. The van der Waals surface area contributed by atoms with E-state index in [-0.39, 0.29) is 0 Å². The molecule has 6 heteroatoms. The number of ether oxygens (including phenoxy) is 2. The first kappa shape index (κ1) is 15.5. The minimum absolute atomic E-state index is 0.331. The van der Waals surface area contributed by atoms with Gasteiger partial charge in [-0.25, -0.2) is 0 Å². The van der Waals surface area contributed by atoms with Crippen molar-refractivity contribution < 1.29 is 14.0 Å². The molecule has 0 atom stereocenters. The van der Waals surface area contributed by atoms with Gasteiger partial charge in [-0.05, 0) is 50.0 Å². The van der Waals surface area contributed by atoms with Crippen LogP contribution in [0.2, 0.25) is 0 Å². The summed E-state index contributed by atoms with van der Waals surface area (Å²) in [5, 5.41) is 4.20. The Bertz CT molecular complexity index is 724. The summed E-state index contributed by atoms with van der Waals surface area (Å²) in [6, 6.07) is 7.81. The third kappa shape index (κ3) is 3.12. The molecule has 0 amide bonds. The molecule has 24 heavy (non-hydrogen) atoms. The van der Waals surface area contributed by atoms with Crippen LogP contribution in [0.15, 0.2) is 28.8 Å². The molecule has 0 radical (unpaired) electrons. The molecule has 128 valence electrons. The van der Waals surface area contributed by atoms with Gasteiger partial charge < -0.3 is 19.7 Å². The van der Waals surface area contributed by atoms with E-state index < -0.39 is 0 Å². The van der Waals surface area contributed by atoms with Crippen LogP contribution in [0.5, 0.6) is 11.5 Å². The van der Waals surface area contributed by atoms with E-state index in [0.717, 1.165) is 48.2 Å². The largest absolute Gasteiger partial charge is 0.486 e. The van der Waals surface area contributed by atoms with Crippen LogP contribution in [0.3, 0.4) is 0 Å². The molecular weight excluding hydrogens is 306 g/mol. The zero-order valence-corrected chi connectivity index (χ0v) is 14.0. The predicted octanol–water partition coefficient (Wildman–Crippen LogP) is 2.28. The maximum atomic E-state index is 5.86. The highest BCUT2D eigenvalue weighted by molar-refractivity contribution is 5.63. The Morgan fingerprint density at radius 1 is 1.17 bits per heavy atom. The fourth-order valence-electron chi connectivity index (χ4n) is 3.23. The second kappa shape index (κ2) is 6.11. The van der Waals surface area contributed by atoms with Gasteiger partial charge >= 0.3 is 0 Å². The topological polar surface area (TPSA) is 73.8 Å². The van der Waals surface area contributed by atoms with Crippen LogP contribution in [0.4, 0.5) is 0 Å². The summed E-state index contributed by atoms with van der Waals surface area (Å²) in [5.41, 5.74) is 8.07. The zero-order chi connectivity index (χ0) is 16.6. The minimum atomic E-state index is 0.331. The van der Waals surface area contributed by atoms with E-state index >= 15 is 0 Å². The van der Waals surface area contributed by atoms with Crippen molar-refractivity contribution in [2.75, 3.05) is 33.4 Å². The van der Waals surface area contributed by atoms with Gasteiger partial charge in [0.05, 0.1) is 5.69 Å². The molecule has 1 saturated carbocycles. The monoisotopic (exact) mass is 329 g/mol. The van der Waals surface area contributed by atoms with E-state index in [0.29, 0.717) is 18.6 Å². The molecule has 2 heterocycles. The van der Waals surface area contributed by atoms with Gasteiger partial charge in [0.2, 0.25) is 0 Å². The highest BCUT2D eigenvalue weighted by Gasteiger charge is 2.41. The van der Waals surface area contributed by atoms with Crippen molar-refractivity contribution in [1.29, 1.82) is 0 Å². The van der Waals surface area contributed by atoms with Gasteiger partial charge in [0, 0.05) is 24.7 Å². The van der Waals surface area contributed by atoms with Crippen LogP contribution in [0.1, 0.15) is 18.5 Å². The van der Waals surface area contributed by atoms with Gasteiger partial charge in [-0.1, -0.05) is 5.16 Å². The van der Waals surface area contributed by atoms with E-state index in [9.17, 15) is 0 Å². The van der Waals surface area contributed by atoms with Crippen molar-refractivity contribution in [3.05, 3.63) is 30.0 Å². The molecule has 1 aromatic carbocycles. The third-order valence-corrected chi connectivity index (χ3v) is 4.81. The molecule has 1 aromatic heterocycles. The van der Waals surface area contributed by atoms with Gasteiger partial charge in [-0.15, -0.1) is 0 Å². The van der Waals surface area contributed by atoms with E-state index in [4.69, 9.17) is 19.7 Å². The molecule has 6 nitrogen and oxygen atoms in total. The second-order valence-corrected chi connectivity index (χ2v) is 6.92. The van der Waals surface area contributed by atoms with Crippen LogP contribution in [-0.4, -0.2) is 43.4 Å². The minimum Gasteiger partial charge on any atom is -0.486 e. The predicted molar refractivity (Wildman–Crippen MR) is 90.0 cm³/mol. The smallest absolute Gasteiger partial charge is 0.167 e. The molecule has 0 bridgehead atoms. The summed E-state index contributed by atoms with van der Waals surface area (Å²) in [7, 11) is 2.11. The van der Waals surface area contributed by atoms with Gasteiger partial charge in [0.25, 0.3) is 0 Å². The van der Waals surface area contributed by atoms with Crippen molar-refractivity contribution in [1.82, 2.24) is 10.1 Å². The molecule has 2 aromatic rings. The van der Waals surface area contributed by atoms with Gasteiger partial charge in [-0.2, -0.15) is 0 Å². The van der Waals surface area contributed by atoms with Crippen LogP contribution < -0.4 is 15.2 Å². The lowest BCUT2D eigenvalue weighted by atomic mass is 10.1. The molecule has 2 N–H and O–H groups in total. The number of hydrogen-bond acceptors (Lipinski definition) is 6. The van der Waals surface area contributed by atoms with Crippen LogP contribution in [-0.2, 0) is 6.54 Å². The first-order valence-corrected chi connectivity index (χ1v) is 8.42. The standard InChI is InChI=1S/C18H23N3O3/c1-21(12-18(11-19)4-5-18)10-14-9-16(24-20-14)13-2-3-15-17(8-13)23-7-6-22-15/h2-3,8-9H,4-7,10-12,19H2,1H3. The number of nitrogens with zero attached hydrogens (tertiary/aromatic N) is 2. The third-order valence-electron chi connectivity index (χ3n) is 4.81. The van der Waals surface area contributed by atoms with Gasteiger partial charge in [0.15, 0.2) is 17.3 Å². The summed E-state index contributed by atoms with van der Waals surface area (Å²) in [6.07, 6.45) is 2.46. The van der Waals surface area contributed by atoms with Crippen molar-refractivity contribution in [3.63, 3.8) is 0 Å². The molecule has 2 aliphatic rings. The molecule has 1 aliphatic carbocycles. The van der Waals surface area contributed by atoms with Crippen molar-refractivity contribution in [2.24, 2.45) is 11.1 Å². The van der Waals surface area contributed by atoms with Crippen molar-refractivity contribution >= 4 is 0 Å². The Hall–Kier alpha value is -2.05. The molecule has 4 rings (SSSR count). The quantitative estimate of drug-likeness (QED) is 0.876. The second-order valence-electron chi connectivity index (χ2n) is 6.92. The molecular formula is C18H23N3O3. The fraction of sp³-hybridized carbons (Fsp3) is 0.500. The summed E-state index contributed by atoms with van der Waals surface area (Å²) >= 11 is 0. The lowest BCUT2D eigenvalue weighted by Gasteiger charge is -2.21.